The molecular formula is C19H14FN3O3S. The smallest absolute Gasteiger partial charge is 0.257 e. The summed E-state index contributed by atoms with van der Waals surface area (Å²) in [6.07, 6.45) is 0. The van der Waals surface area contributed by atoms with Gasteiger partial charge in [-0.25, -0.2) is 9.37 Å². The number of amides is 1. The van der Waals surface area contributed by atoms with Crippen LogP contribution < -0.4 is 5.32 Å². The van der Waals surface area contributed by atoms with Crippen molar-refractivity contribution in [3.8, 4) is 11.3 Å². The molecule has 0 unspecified atom stereocenters. The molecule has 0 bridgehead atoms. The Kier molecular flexibility index (Phi) is 4.88. The molecule has 2 heterocycles. The largest absolute Gasteiger partial charge is 0.431 e. The first-order valence-electron chi connectivity index (χ1n) is 8.14. The van der Waals surface area contributed by atoms with E-state index in [1.165, 1.54) is 17.8 Å². The fraction of sp³-hybridized carbons (Fsp3) is 0.105. The third kappa shape index (κ3) is 4.01. The Morgan fingerprint density at radius 1 is 1.15 bits per heavy atom. The summed E-state index contributed by atoms with van der Waals surface area (Å²) in [5.74, 6) is -0.111. The van der Waals surface area contributed by atoms with Crippen molar-refractivity contribution in [1.29, 1.82) is 0 Å². The third-order valence-electron chi connectivity index (χ3n) is 3.77. The number of hydrogen-bond acceptors (Lipinski definition) is 6. The number of oxazole rings is 1. The van der Waals surface area contributed by atoms with Gasteiger partial charge in [0.15, 0.2) is 11.3 Å². The van der Waals surface area contributed by atoms with Gasteiger partial charge in [-0.15, -0.1) is 0 Å². The normalized spacial score (nSPS) is 11.0. The van der Waals surface area contributed by atoms with Gasteiger partial charge in [0, 0.05) is 6.07 Å². The highest BCUT2D eigenvalue weighted by Gasteiger charge is 2.12. The van der Waals surface area contributed by atoms with Gasteiger partial charge in [-0.1, -0.05) is 41.2 Å². The van der Waals surface area contributed by atoms with Crippen molar-refractivity contribution in [2.45, 2.75) is 11.8 Å². The average molecular weight is 383 g/mol. The number of rotatable bonds is 6. The number of nitrogens with zero attached hydrogens (tertiary/aromatic N) is 2. The summed E-state index contributed by atoms with van der Waals surface area (Å²) in [6.45, 7) is 0.185. The van der Waals surface area contributed by atoms with Gasteiger partial charge in [0.05, 0.1) is 17.9 Å². The van der Waals surface area contributed by atoms with Gasteiger partial charge in [-0.3, -0.25) is 4.79 Å². The van der Waals surface area contributed by atoms with E-state index >= 15 is 0 Å². The van der Waals surface area contributed by atoms with Gasteiger partial charge in [0.25, 0.3) is 5.22 Å². The number of para-hydroxylation sites is 2. The molecule has 2 aromatic heterocycles. The van der Waals surface area contributed by atoms with Crippen LogP contribution in [0.25, 0.3) is 22.4 Å². The van der Waals surface area contributed by atoms with Crippen molar-refractivity contribution in [1.82, 2.24) is 15.5 Å². The minimum Gasteiger partial charge on any atom is -0.431 e. The molecule has 0 aliphatic heterocycles. The maximum absolute atomic E-state index is 13.8. The lowest BCUT2D eigenvalue weighted by molar-refractivity contribution is -0.118. The maximum atomic E-state index is 13.8. The predicted octanol–water partition coefficient (Wildman–Crippen LogP) is 4.03. The Balaban J connectivity index is 1.31. The predicted molar refractivity (Wildman–Crippen MR) is 98.5 cm³/mol. The maximum Gasteiger partial charge on any atom is 0.257 e. The fourth-order valence-electron chi connectivity index (χ4n) is 2.46. The Hall–Kier alpha value is -3.13. The first kappa shape index (κ1) is 17.3. The second-order valence-corrected chi connectivity index (χ2v) is 6.60. The molecular weight excluding hydrogens is 369 g/mol. The first-order valence-corrected chi connectivity index (χ1v) is 9.13. The molecule has 1 amide bonds. The van der Waals surface area contributed by atoms with E-state index in [1.54, 1.807) is 24.3 Å². The molecule has 4 rings (SSSR count). The van der Waals surface area contributed by atoms with Crippen LogP contribution in [0.5, 0.6) is 0 Å². The Morgan fingerprint density at radius 2 is 1.96 bits per heavy atom. The quantitative estimate of drug-likeness (QED) is 0.506. The van der Waals surface area contributed by atoms with Crippen LogP contribution in [0.2, 0.25) is 0 Å². The number of fused-ring (bicyclic) bond motifs is 1. The van der Waals surface area contributed by atoms with Crippen molar-refractivity contribution in [2.75, 3.05) is 5.75 Å². The molecule has 8 heteroatoms. The number of halogens is 1. The van der Waals surface area contributed by atoms with Crippen LogP contribution in [-0.2, 0) is 11.3 Å². The lowest BCUT2D eigenvalue weighted by Crippen LogP contribution is -2.24. The second-order valence-electron chi connectivity index (χ2n) is 5.68. The van der Waals surface area contributed by atoms with Crippen molar-refractivity contribution in [2.24, 2.45) is 0 Å². The first-order chi connectivity index (χ1) is 13.2. The molecule has 0 saturated carbocycles. The molecule has 2 aromatic carbocycles. The number of thioether (sulfide) groups is 1. The molecule has 27 heavy (non-hydrogen) atoms. The number of carbonyl (C=O) groups excluding carboxylic acids is 1. The summed E-state index contributed by atoms with van der Waals surface area (Å²) in [4.78, 5) is 16.3. The summed E-state index contributed by atoms with van der Waals surface area (Å²) in [5.41, 5.74) is 2.27. The van der Waals surface area contributed by atoms with Crippen LogP contribution in [0.4, 0.5) is 4.39 Å². The molecule has 6 nitrogen and oxygen atoms in total. The molecule has 1 N–H and O–H groups in total. The topological polar surface area (TPSA) is 81.2 Å². The fourth-order valence-corrected chi connectivity index (χ4v) is 3.13. The van der Waals surface area contributed by atoms with E-state index in [2.05, 4.69) is 15.5 Å². The van der Waals surface area contributed by atoms with Gasteiger partial charge in [0.2, 0.25) is 5.91 Å². The summed E-state index contributed by atoms with van der Waals surface area (Å²) in [6, 6.07) is 15.3. The van der Waals surface area contributed by atoms with E-state index in [1.807, 2.05) is 24.3 Å². The SMILES string of the molecule is O=C(CSc1nc2ccccc2o1)NCc1cc(-c2ccccc2F)on1. The zero-order valence-corrected chi connectivity index (χ0v) is 14.8. The van der Waals surface area contributed by atoms with Crippen molar-refractivity contribution < 1.29 is 18.1 Å². The van der Waals surface area contributed by atoms with Crippen molar-refractivity contribution in [3.05, 3.63) is 66.1 Å². The van der Waals surface area contributed by atoms with Crippen LogP contribution in [0.1, 0.15) is 5.69 Å². The summed E-state index contributed by atoms with van der Waals surface area (Å²) in [7, 11) is 0. The van der Waals surface area contributed by atoms with Gasteiger partial charge >= 0.3 is 0 Å². The van der Waals surface area contributed by atoms with E-state index in [-0.39, 0.29) is 24.0 Å². The van der Waals surface area contributed by atoms with E-state index in [0.29, 0.717) is 27.8 Å². The van der Waals surface area contributed by atoms with E-state index in [4.69, 9.17) is 8.94 Å². The highest BCUT2D eigenvalue weighted by Crippen LogP contribution is 2.24. The summed E-state index contributed by atoms with van der Waals surface area (Å²) < 4.78 is 24.5. The molecule has 0 aliphatic rings. The number of benzene rings is 2. The zero-order chi connectivity index (χ0) is 18.6. The van der Waals surface area contributed by atoms with Crippen molar-refractivity contribution >= 4 is 28.8 Å². The van der Waals surface area contributed by atoms with Crippen molar-refractivity contribution in [3.63, 3.8) is 0 Å². The highest BCUT2D eigenvalue weighted by molar-refractivity contribution is 7.99. The zero-order valence-electron chi connectivity index (χ0n) is 14.0. The molecule has 0 aliphatic carbocycles. The third-order valence-corrected chi connectivity index (χ3v) is 4.59. The molecule has 136 valence electrons. The van der Waals surface area contributed by atoms with E-state index in [9.17, 15) is 9.18 Å². The Bertz CT molecular complexity index is 1060. The van der Waals surface area contributed by atoms with Crippen LogP contribution in [0.15, 0.2) is 68.8 Å². The Morgan fingerprint density at radius 3 is 2.81 bits per heavy atom. The standard InChI is InChI=1S/C19H14FN3O3S/c20-14-6-2-1-5-13(14)17-9-12(23-26-17)10-21-18(24)11-27-19-22-15-7-3-4-8-16(15)25-19/h1-9H,10-11H2,(H,21,24). The minimum atomic E-state index is -0.390. The number of aromatic nitrogens is 2. The van der Waals surface area contributed by atoms with Gasteiger partial charge < -0.3 is 14.3 Å². The van der Waals surface area contributed by atoms with Crippen LogP contribution >= 0.6 is 11.8 Å². The minimum absolute atomic E-state index is 0.158. The molecule has 0 saturated heterocycles. The molecule has 4 aromatic rings. The molecule has 0 radical (unpaired) electrons. The monoisotopic (exact) mass is 383 g/mol. The highest BCUT2D eigenvalue weighted by atomic mass is 32.2. The summed E-state index contributed by atoms with van der Waals surface area (Å²) in [5, 5.41) is 7.04. The second kappa shape index (κ2) is 7.63. The van der Waals surface area contributed by atoms with Gasteiger partial charge in [0.1, 0.15) is 17.0 Å². The molecule has 0 atom stereocenters. The molecule has 0 fully saturated rings. The average Bonchev–Trinajstić information content (AvgIpc) is 3.31. The number of carbonyl (C=O) groups is 1. The van der Waals surface area contributed by atoms with Gasteiger partial charge in [-0.05, 0) is 24.3 Å². The number of nitrogens with one attached hydrogen (secondary N) is 1. The van der Waals surface area contributed by atoms with Crippen LogP contribution in [-0.4, -0.2) is 21.8 Å². The lowest BCUT2D eigenvalue weighted by Gasteiger charge is -2.00. The molecule has 0 spiro atoms. The van der Waals surface area contributed by atoms with Crippen LogP contribution in [0, 0.1) is 5.82 Å². The van der Waals surface area contributed by atoms with E-state index in [0.717, 1.165) is 5.52 Å². The summed E-state index contributed by atoms with van der Waals surface area (Å²) >= 11 is 1.21. The lowest BCUT2D eigenvalue weighted by atomic mass is 10.1. The number of hydrogen-bond donors (Lipinski definition) is 1. The Labute approximate surface area is 157 Å². The van der Waals surface area contributed by atoms with Gasteiger partial charge in [-0.2, -0.15) is 0 Å². The van der Waals surface area contributed by atoms with Crippen LogP contribution in [0.3, 0.4) is 0 Å². The van der Waals surface area contributed by atoms with E-state index < -0.39 is 0 Å².